The molecule has 3 aromatic rings. The molecule has 1 N–H and O–H groups in total. The van der Waals surface area contributed by atoms with Crippen LogP contribution in [0.25, 0.3) is 11.3 Å². The molecule has 0 unspecified atom stereocenters. The molecule has 0 bridgehead atoms. The number of esters is 1. The Morgan fingerprint density at radius 1 is 1.13 bits per heavy atom. The predicted molar refractivity (Wildman–Crippen MR) is 116 cm³/mol. The van der Waals surface area contributed by atoms with E-state index in [1.54, 1.807) is 18.5 Å². The standard InChI is InChI=1S/C22H22FN3O3S/c1-29-20(28)14-30-12-11-19(27)25-22-21(17-7-9-18(23)10-8-17)24-15-26(22)13-16-5-3-2-4-6-16/h2-10,15H,11-14H2,1H3,(H,25,27). The van der Waals surface area contributed by atoms with Gasteiger partial charge in [0.1, 0.15) is 17.3 Å². The minimum Gasteiger partial charge on any atom is -0.468 e. The van der Waals surface area contributed by atoms with Gasteiger partial charge in [-0.1, -0.05) is 30.3 Å². The molecule has 0 atom stereocenters. The van der Waals surface area contributed by atoms with Gasteiger partial charge < -0.3 is 14.6 Å². The number of nitrogens with one attached hydrogen (secondary N) is 1. The maximum Gasteiger partial charge on any atom is 0.315 e. The van der Waals surface area contributed by atoms with E-state index in [-0.39, 0.29) is 29.9 Å². The van der Waals surface area contributed by atoms with Crippen LogP contribution in [-0.2, 0) is 20.9 Å². The van der Waals surface area contributed by atoms with E-state index in [0.717, 1.165) is 5.56 Å². The zero-order valence-corrected chi connectivity index (χ0v) is 17.3. The van der Waals surface area contributed by atoms with Crippen molar-refractivity contribution >= 4 is 29.5 Å². The number of aromatic nitrogens is 2. The van der Waals surface area contributed by atoms with E-state index >= 15 is 0 Å². The smallest absolute Gasteiger partial charge is 0.315 e. The molecule has 0 aliphatic rings. The summed E-state index contributed by atoms with van der Waals surface area (Å²) in [5.74, 6) is 0.394. The number of benzene rings is 2. The molecule has 1 heterocycles. The van der Waals surface area contributed by atoms with Gasteiger partial charge in [-0.15, -0.1) is 11.8 Å². The monoisotopic (exact) mass is 427 g/mol. The molecule has 8 heteroatoms. The van der Waals surface area contributed by atoms with Crippen molar-refractivity contribution in [2.75, 3.05) is 23.9 Å². The number of halogens is 1. The van der Waals surface area contributed by atoms with Crippen LogP contribution in [0.2, 0.25) is 0 Å². The number of anilines is 1. The van der Waals surface area contributed by atoms with E-state index < -0.39 is 0 Å². The third-order valence-corrected chi connectivity index (χ3v) is 5.26. The number of rotatable bonds is 9. The van der Waals surface area contributed by atoms with Crippen LogP contribution in [0.1, 0.15) is 12.0 Å². The summed E-state index contributed by atoms with van der Waals surface area (Å²) >= 11 is 1.34. The van der Waals surface area contributed by atoms with Crippen molar-refractivity contribution in [3.63, 3.8) is 0 Å². The van der Waals surface area contributed by atoms with Crippen LogP contribution in [0, 0.1) is 5.82 Å². The maximum absolute atomic E-state index is 13.3. The lowest BCUT2D eigenvalue weighted by molar-refractivity contribution is -0.137. The van der Waals surface area contributed by atoms with Gasteiger partial charge in [0.05, 0.1) is 25.7 Å². The fraction of sp³-hybridized carbons (Fsp3) is 0.227. The molecule has 0 aliphatic carbocycles. The molecule has 156 valence electrons. The number of thioether (sulfide) groups is 1. The fourth-order valence-electron chi connectivity index (χ4n) is 2.81. The molecule has 0 saturated carbocycles. The van der Waals surface area contributed by atoms with Crippen LogP contribution < -0.4 is 5.32 Å². The first-order valence-corrected chi connectivity index (χ1v) is 10.5. The number of hydrogen-bond donors (Lipinski definition) is 1. The van der Waals surface area contributed by atoms with Crippen LogP contribution in [0.5, 0.6) is 0 Å². The van der Waals surface area contributed by atoms with Crippen molar-refractivity contribution in [2.45, 2.75) is 13.0 Å². The SMILES string of the molecule is COC(=O)CSCCC(=O)Nc1c(-c2ccc(F)cc2)ncn1Cc1ccccc1. The predicted octanol–water partition coefficient (Wildman–Crippen LogP) is 3.97. The normalized spacial score (nSPS) is 10.6. The number of imidazole rings is 1. The minimum absolute atomic E-state index is 0.189. The average Bonchev–Trinajstić information content (AvgIpc) is 3.14. The van der Waals surface area contributed by atoms with Gasteiger partial charge in [-0.3, -0.25) is 9.59 Å². The topological polar surface area (TPSA) is 73.2 Å². The number of ether oxygens (including phenoxy) is 1. The van der Waals surface area contributed by atoms with Crippen LogP contribution in [0.3, 0.4) is 0 Å². The van der Waals surface area contributed by atoms with Crippen LogP contribution in [-0.4, -0.2) is 40.0 Å². The van der Waals surface area contributed by atoms with Crippen molar-refractivity contribution in [3.05, 3.63) is 72.3 Å². The third kappa shape index (κ3) is 5.93. The van der Waals surface area contributed by atoms with Gasteiger partial charge in [-0.2, -0.15) is 0 Å². The lowest BCUT2D eigenvalue weighted by Crippen LogP contribution is -2.17. The van der Waals surface area contributed by atoms with E-state index in [9.17, 15) is 14.0 Å². The Balaban J connectivity index is 1.76. The van der Waals surface area contributed by atoms with Crippen molar-refractivity contribution in [1.82, 2.24) is 9.55 Å². The fourth-order valence-corrected chi connectivity index (χ4v) is 3.56. The number of hydrogen-bond acceptors (Lipinski definition) is 5. The molecule has 30 heavy (non-hydrogen) atoms. The van der Waals surface area contributed by atoms with Crippen molar-refractivity contribution in [1.29, 1.82) is 0 Å². The van der Waals surface area contributed by atoms with E-state index in [4.69, 9.17) is 0 Å². The van der Waals surface area contributed by atoms with Crippen LogP contribution in [0.15, 0.2) is 60.9 Å². The molecular formula is C22H22FN3O3S. The summed E-state index contributed by atoms with van der Waals surface area (Å²) in [7, 11) is 1.33. The first-order chi connectivity index (χ1) is 14.6. The number of carbonyl (C=O) groups excluding carboxylic acids is 2. The van der Waals surface area contributed by atoms with Gasteiger partial charge in [-0.05, 0) is 29.8 Å². The highest BCUT2D eigenvalue weighted by molar-refractivity contribution is 7.99. The summed E-state index contributed by atoms with van der Waals surface area (Å²) in [5.41, 5.74) is 2.34. The summed E-state index contributed by atoms with van der Waals surface area (Å²) in [5, 5.41) is 2.93. The number of methoxy groups -OCH3 is 1. The van der Waals surface area contributed by atoms with Crippen LogP contribution in [0.4, 0.5) is 10.2 Å². The van der Waals surface area contributed by atoms with Gasteiger partial charge >= 0.3 is 5.97 Å². The molecule has 0 fully saturated rings. The number of nitrogens with zero attached hydrogens (tertiary/aromatic N) is 2. The second-order valence-electron chi connectivity index (χ2n) is 6.49. The summed E-state index contributed by atoms with van der Waals surface area (Å²) in [6, 6.07) is 15.8. The lowest BCUT2D eigenvalue weighted by Gasteiger charge is -2.12. The van der Waals surface area contributed by atoms with Gasteiger partial charge in [0, 0.05) is 17.7 Å². The summed E-state index contributed by atoms with van der Waals surface area (Å²) < 4.78 is 19.8. The Kier molecular flexibility index (Phi) is 7.62. The molecule has 0 radical (unpaired) electrons. The first kappa shape index (κ1) is 21.6. The molecule has 6 nitrogen and oxygen atoms in total. The number of carbonyl (C=O) groups is 2. The largest absolute Gasteiger partial charge is 0.468 e. The van der Waals surface area contributed by atoms with Crippen molar-refractivity contribution in [2.24, 2.45) is 0 Å². The Morgan fingerprint density at radius 3 is 2.57 bits per heavy atom. The summed E-state index contributed by atoms with van der Waals surface area (Å²) in [4.78, 5) is 28.2. The molecule has 0 spiro atoms. The molecule has 1 amide bonds. The first-order valence-electron chi connectivity index (χ1n) is 9.36. The van der Waals surface area contributed by atoms with Gasteiger partial charge in [0.25, 0.3) is 0 Å². The molecule has 2 aromatic carbocycles. The number of amides is 1. The molecule has 0 saturated heterocycles. The van der Waals surface area contributed by atoms with Crippen molar-refractivity contribution < 1.29 is 18.7 Å². The summed E-state index contributed by atoms with van der Waals surface area (Å²) in [6.07, 6.45) is 1.90. The Morgan fingerprint density at radius 2 is 1.87 bits per heavy atom. The maximum atomic E-state index is 13.3. The average molecular weight is 428 g/mol. The second-order valence-corrected chi connectivity index (χ2v) is 7.59. The van der Waals surface area contributed by atoms with Gasteiger partial charge in [-0.25, -0.2) is 9.37 Å². The van der Waals surface area contributed by atoms with E-state index in [1.165, 1.54) is 31.0 Å². The zero-order chi connectivity index (χ0) is 21.3. The highest BCUT2D eigenvalue weighted by Gasteiger charge is 2.16. The molecule has 0 aliphatic heterocycles. The van der Waals surface area contributed by atoms with E-state index in [2.05, 4.69) is 15.0 Å². The highest BCUT2D eigenvalue weighted by Crippen LogP contribution is 2.28. The van der Waals surface area contributed by atoms with Crippen LogP contribution >= 0.6 is 11.8 Å². The minimum atomic E-state index is -0.337. The van der Waals surface area contributed by atoms with E-state index in [0.29, 0.717) is 29.4 Å². The van der Waals surface area contributed by atoms with E-state index in [1.807, 2.05) is 34.9 Å². The Bertz CT molecular complexity index is 991. The second kappa shape index (κ2) is 10.6. The highest BCUT2D eigenvalue weighted by atomic mass is 32.2. The Labute approximate surface area is 178 Å². The zero-order valence-electron chi connectivity index (χ0n) is 16.5. The van der Waals surface area contributed by atoms with Gasteiger partial charge in [0.2, 0.25) is 5.91 Å². The summed E-state index contributed by atoms with van der Waals surface area (Å²) in [6.45, 7) is 0.530. The molecular weight excluding hydrogens is 405 g/mol. The Hall–Kier alpha value is -3.13. The quantitative estimate of drug-likeness (QED) is 0.413. The molecule has 1 aromatic heterocycles. The van der Waals surface area contributed by atoms with Crippen molar-refractivity contribution in [3.8, 4) is 11.3 Å². The third-order valence-electron chi connectivity index (χ3n) is 4.33. The lowest BCUT2D eigenvalue weighted by atomic mass is 10.1. The van der Waals surface area contributed by atoms with Gasteiger partial charge in [0.15, 0.2) is 0 Å². The molecule has 3 rings (SSSR count).